The van der Waals surface area contributed by atoms with Gasteiger partial charge in [-0.05, 0) is 18.2 Å². The maximum Gasteiger partial charge on any atom is 0.242 e. The highest BCUT2D eigenvalue weighted by molar-refractivity contribution is 7.89. The molecule has 19 heavy (non-hydrogen) atoms. The lowest BCUT2D eigenvalue weighted by Crippen LogP contribution is -2.28. The Morgan fingerprint density at radius 1 is 1.42 bits per heavy atom. The number of aliphatic hydroxyl groups is 1. The summed E-state index contributed by atoms with van der Waals surface area (Å²) in [5.74, 6) is 0. The van der Waals surface area contributed by atoms with E-state index in [4.69, 9.17) is 26.7 Å². The van der Waals surface area contributed by atoms with Crippen molar-refractivity contribution < 1.29 is 18.3 Å². The summed E-state index contributed by atoms with van der Waals surface area (Å²) in [6, 6.07) is 5.85. The molecule has 8 heteroatoms. The molecule has 0 atom stereocenters. The van der Waals surface area contributed by atoms with E-state index >= 15 is 0 Å². The summed E-state index contributed by atoms with van der Waals surface area (Å²) < 4.78 is 31.1. The fraction of sp³-hybridized carbons (Fsp3) is 0.364. The molecule has 0 spiro atoms. The van der Waals surface area contributed by atoms with Gasteiger partial charge >= 0.3 is 0 Å². The Morgan fingerprint density at radius 3 is 2.79 bits per heavy atom. The topological polar surface area (TPSA) is 99.4 Å². The van der Waals surface area contributed by atoms with Gasteiger partial charge in [-0.3, -0.25) is 0 Å². The first-order valence-electron chi connectivity index (χ1n) is 5.39. The van der Waals surface area contributed by atoms with Crippen LogP contribution >= 0.6 is 11.6 Å². The number of benzene rings is 1. The van der Waals surface area contributed by atoms with Gasteiger partial charge in [-0.1, -0.05) is 11.6 Å². The van der Waals surface area contributed by atoms with E-state index < -0.39 is 10.0 Å². The van der Waals surface area contributed by atoms with Crippen LogP contribution in [0.25, 0.3) is 0 Å². The second kappa shape index (κ2) is 7.43. The van der Waals surface area contributed by atoms with Crippen LogP contribution < -0.4 is 4.72 Å². The molecular weight excluding hydrogens is 292 g/mol. The van der Waals surface area contributed by atoms with Crippen LogP contribution in [-0.2, 0) is 14.8 Å². The predicted octanol–water partition coefficient (Wildman–Crippen LogP) is 0.499. The van der Waals surface area contributed by atoms with Gasteiger partial charge in [0, 0.05) is 6.54 Å². The first kappa shape index (κ1) is 15.9. The van der Waals surface area contributed by atoms with Crippen molar-refractivity contribution in [3.8, 4) is 6.07 Å². The van der Waals surface area contributed by atoms with Crippen LogP contribution in [0.3, 0.4) is 0 Å². The zero-order chi connectivity index (χ0) is 14.3. The normalized spacial score (nSPS) is 11.2. The van der Waals surface area contributed by atoms with E-state index in [0.717, 1.165) is 0 Å². The summed E-state index contributed by atoms with van der Waals surface area (Å²) in [7, 11) is -3.79. The van der Waals surface area contributed by atoms with Gasteiger partial charge in [-0.2, -0.15) is 5.26 Å². The average Bonchev–Trinajstić information content (AvgIpc) is 2.39. The van der Waals surface area contributed by atoms with E-state index in [2.05, 4.69) is 4.72 Å². The molecule has 1 aromatic rings. The van der Waals surface area contributed by atoms with Gasteiger partial charge in [0.2, 0.25) is 10.0 Å². The number of sulfonamides is 1. The Bertz CT molecular complexity index is 569. The molecule has 0 unspecified atom stereocenters. The van der Waals surface area contributed by atoms with E-state index in [-0.39, 0.29) is 41.8 Å². The lowest BCUT2D eigenvalue weighted by Gasteiger charge is -2.08. The van der Waals surface area contributed by atoms with Crippen LogP contribution in [0.4, 0.5) is 0 Å². The maximum atomic E-state index is 11.9. The third kappa shape index (κ3) is 4.78. The number of nitriles is 1. The first-order chi connectivity index (χ1) is 9.01. The monoisotopic (exact) mass is 304 g/mol. The Hall–Kier alpha value is -1.17. The summed E-state index contributed by atoms with van der Waals surface area (Å²) in [5.41, 5.74) is 0.210. The number of hydrogen-bond donors (Lipinski definition) is 2. The molecule has 0 radical (unpaired) electrons. The molecule has 6 nitrogen and oxygen atoms in total. The molecule has 0 aliphatic rings. The minimum Gasteiger partial charge on any atom is -0.394 e. The zero-order valence-electron chi connectivity index (χ0n) is 9.97. The van der Waals surface area contributed by atoms with Crippen molar-refractivity contribution in [2.75, 3.05) is 26.4 Å². The molecule has 0 saturated carbocycles. The van der Waals surface area contributed by atoms with E-state index in [9.17, 15) is 8.42 Å². The van der Waals surface area contributed by atoms with Crippen LogP contribution in [-0.4, -0.2) is 39.9 Å². The summed E-state index contributed by atoms with van der Waals surface area (Å²) in [6.07, 6.45) is 0. The van der Waals surface area contributed by atoms with Crippen molar-refractivity contribution in [3.63, 3.8) is 0 Å². The number of nitrogens with zero attached hydrogens (tertiary/aromatic N) is 1. The molecule has 0 aliphatic carbocycles. The van der Waals surface area contributed by atoms with Crippen molar-refractivity contribution in [2.24, 2.45) is 0 Å². The lowest BCUT2D eigenvalue weighted by molar-refractivity contribution is 0.0961. The van der Waals surface area contributed by atoms with Crippen LogP contribution in [0, 0.1) is 11.3 Å². The smallest absolute Gasteiger partial charge is 0.242 e. The first-order valence-corrected chi connectivity index (χ1v) is 7.25. The Morgan fingerprint density at radius 2 is 2.16 bits per heavy atom. The molecule has 1 aromatic carbocycles. The van der Waals surface area contributed by atoms with Crippen molar-refractivity contribution in [1.82, 2.24) is 4.72 Å². The third-order valence-electron chi connectivity index (χ3n) is 2.12. The highest BCUT2D eigenvalue weighted by atomic mass is 35.5. The van der Waals surface area contributed by atoms with Gasteiger partial charge in [0.15, 0.2) is 0 Å². The average molecular weight is 305 g/mol. The zero-order valence-corrected chi connectivity index (χ0v) is 11.5. The standard InChI is InChI=1S/C11H13ClN2O4S/c12-10-2-1-9(8-13)7-11(10)19(16,17)14-3-5-18-6-4-15/h1-2,7,14-15H,3-6H2. The molecule has 0 fully saturated rings. The lowest BCUT2D eigenvalue weighted by atomic mass is 10.2. The Labute approximate surface area is 116 Å². The van der Waals surface area contributed by atoms with Crippen molar-refractivity contribution in [3.05, 3.63) is 28.8 Å². The predicted molar refractivity (Wildman–Crippen MR) is 69.3 cm³/mol. The molecule has 0 aromatic heterocycles. The molecular formula is C11H13ClN2O4S. The fourth-order valence-electron chi connectivity index (χ4n) is 1.27. The van der Waals surface area contributed by atoms with E-state index in [0.29, 0.717) is 0 Å². The van der Waals surface area contributed by atoms with Crippen molar-refractivity contribution in [2.45, 2.75) is 4.90 Å². The number of rotatable bonds is 7. The Kier molecular flexibility index (Phi) is 6.21. The van der Waals surface area contributed by atoms with E-state index in [1.54, 1.807) is 0 Å². The third-order valence-corrected chi connectivity index (χ3v) is 4.07. The van der Waals surface area contributed by atoms with E-state index in [1.807, 2.05) is 6.07 Å². The molecule has 0 saturated heterocycles. The summed E-state index contributed by atoms with van der Waals surface area (Å²) in [6.45, 7) is 0.208. The van der Waals surface area contributed by atoms with Crippen LogP contribution in [0.2, 0.25) is 5.02 Å². The van der Waals surface area contributed by atoms with E-state index in [1.165, 1.54) is 18.2 Å². The molecule has 2 N–H and O–H groups in total. The summed E-state index contributed by atoms with van der Waals surface area (Å²) in [5, 5.41) is 17.3. The summed E-state index contributed by atoms with van der Waals surface area (Å²) >= 11 is 5.81. The van der Waals surface area contributed by atoms with Crippen LogP contribution in [0.1, 0.15) is 5.56 Å². The molecule has 1 rings (SSSR count). The number of ether oxygens (including phenoxy) is 1. The quantitative estimate of drug-likeness (QED) is 0.715. The Balaban J connectivity index is 2.75. The highest BCUT2D eigenvalue weighted by Crippen LogP contribution is 2.22. The van der Waals surface area contributed by atoms with Crippen LogP contribution in [0.5, 0.6) is 0 Å². The largest absolute Gasteiger partial charge is 0.394 e. The van der Waals surface area contributed by atoms with Gasteiger partial charge < -0.3 is 9.84 Å². The highest BCUT2D eigenvalue weighted by Gasteiger charge is 2.17. The fourth-order valence-corrected chi connectivity index (χ4v) is 2.81. The minimum absolute atomic E-state index is 0.0442. The van der Waals surface area contributed by atoms with Crippen LogP contribution in [0.15, 0.2) is 23.1 Å². The van der Waals surface area contributed by atoms with Gasteiger partial charge in [0.05, 0.1) is 36.5 Å². The minimum atomic E-state index is -3.79. The van der Waals surface area contributed by atoms with Gasteiger partial charge in [-0.25, -0.2) is 13.1 Å². The van der Waals surface area contributed by atoms with Crippen molar-refractivity contribution in [1.29, 1.82) is 5.26 Å². The van der Waals surface area contributed by atoms with Gasteiger partial charge in [0.1, 0.15) is 4.90 Å². The van der Waals surface area contributed by atoms with Gasteiger partial charge in [0.25, 0.3) is 0 Å². The number of hydrogen-bond acceptors (Lipinski definition) is 5. The molecule has 104 valence electrons. The SMILES string of the molecule is N#Cc1ccc(Cl)c(S(=O)(=O)NCCOCCO)c1. The number of aliphatic hydroxyl groups excluding tert-OH is 1. The number of halogens is 1. The maximum absolute atomic E-state index is 11.9. The molecule has 0 aliphatic heterocycles. The molecule has 0 bridgehead atoms. The van der Waals surface area contributed by atoms with Gasteiger partial charge in [-0.15, -0.1) is 0 Å². The molecule has 0 amide bonds. The van der Waals surface area contributed by atoms with Crippen molar-refractivity contribution >= 4 is 21.6 Å². The second-order valence-corrected chi connectivity index (χ2v) is 5.63. The molecule has 0 heterocycles. The summed E-state index contributed by atoms with van der Waals surface area (Å²) in [4.78, 5) is -0.143. The number of nitrogens with one attached hydrogen (secondary N) is 1. The second-order valence-electron chi connectivity index (χ2n) is 3.49.